The highest BCUT2D eigenvalue weighted by atomic mass is 16.5. The summed E-state index contributed by atoms with van der Waals surface area (Å²) in [5.41, 5.74) is 2.56. The Morgan fingerprint density at radius 1 is 1.23 bits per heavy atom. The van der Waals surface area contributed by atoms with E-state index in [-0.39, 0.29) is 17.9 Å². The fourth-order valence-corrected chi connectivity index (χ4v) is 4.08. The first-order valence-electron chi connectivity index (χ1n) is 10.6. The van der Waals surface area contributed by atoms with Crippen LogP contribution in [-0.2, 0) is 9.53 Å². The van der Waals surface area contributed by atoms with Crippen LogP contribution in [0.4, 0.5) is 0 Å². The third-order valence-corrected chi connectivity index (χ3v) is 5.90. The molecular formula is C21H26N6O3. The summed E-state index contributed by atoms with van der Waals surface area (Å²) in [6.07, 6.45) is 5.83. The van der Waals surface area contributed by atoms with Gasteiger partial charge in [0.25, 0.3) is 5.89 Å². The molecule has 0 N–H and O–H groups in total. The Bertz CT molecular complexity index is 1050. The summed E-state index contributed by atoms with van der Waals surface area (Å²) in [5, 5.41) is 8.67. The van der Waals surface area contributed by atoms with Gasteiger partial charge in [-0.2, -0.15) is 10.1 Å². The van der Waals surface area contributed by atoms with E-state index in [4.69, 9.17) is 9.26 Å². The summed E-state index contributed by atoms with van der Waals surface area (Å²) in [5.74, 6) is 2.01. The average Bonchev–Trinajstić information content (AvgIpc) is 3.34. The second-order valence-electron chi connectivity index (χ2n) is 8.62. The molecule has 2 saturated heterocycles. The van der Waals surface area contributed by atoms with Gasteiger partial charge in [0.05, 0.1) is 36.5 Å². The van der Waals surface area contributed by atoms with Crippen LogP contribution in [0, 0.1) is 5.92 Å². The molecule has 0 aliphatic carbocycles. The van der Waals surface area contributed by atoms with Crippen LogP contribution < -0.4 is 0 Å². The Kier molecular flexibility index (Phi) is 4.98. The number of pyridine rings is 1. The van der Waals surface area contributed by atoms with Gasteiger partial charge in [-0.25, -0.2) is 0 Å². The van der Waals surface area contributed by atoms with Crippen molar-refractivity contribution < 1.29 is 14.1 Å². The minimum Gasteiger partial charge on any atom is -0.377 e. The molecule has 0 saturated carbocycles. The van der Waals surface area contributed by atoms with Gasteiger partial charge < -0.3 is 14.2 Å². The molecule has 0 aromatic carbocycles. The maximum atomic E-state index is 12.3. The molecule has 0 radical (unpaired) electrons. The van der Waals surface area contributed by atoms with Crippen molar-refractivity contribution in [2.75, 3.05) is 26.3 Å². The van der Waals surface area contributed by atoms with Crippen molar-refractivity contribution in [1.82, 2.24) is 29.8 Å². The van der Waals surface area contributed by atoms with Gasteiger partial charge in [-0.3, -0.25) is 14.5 Å². The second-order valence-corrected chi connectivity index (χ2v) is 8.62. The van der Waals surface area contributed by atoms with E-state index < -0.39 is 0 Å². The minimum absolute atomic E-state index is 0.208. The molecule has 5 rings (SSSR count). The predicted octanol–water partition coefficient (Wildman–Crippen LogP) is 2.80. The lowest BCUT2D eigenvalue weighted by atomic mass is 9.95. The standard InChI is InChI=1S/C21H26N6O3/c1-13(2)7-19(28)26-5-3-14(4-6-26)20-24-21(30-25-20)15-8-18-17(22-9-15)10-23-27(18)16-11-29-12-16/h8-10,13-14,16H,3-7,11-12H2,1-2H3. The Balaban J connectivity index is 1.30. The molecule has 2 fully saturated rings. The number of likely N-dealkylation sites (tertiary alicyclic amines) is 1. The monoisotopic (exact) mass is 410 g/mol. The largest absolute Gasteiger partial charge is 0.377 e. The van der Waals surface area contributed by atoms with E-state index in [9.17, 15) is 4.79 Å². The third-order valence-electron chi connectivity index (χ3n) is 5.90. The van der Waals surface area contributed by atoms with Gasteiger partial charge in [-0.1, -0.05) is 19.0 Å². The van der Waals surface area contributed by atoms with Gasteiger partial charge in [0, 0.05) is 31.6 Å². The summed E-state index contributed by atoms with van der Waals surface area (Å²) >= 11 is 0. The van der Waals surface area contributed by atoms with Gasteiger partial charge in [-0.15, -0.1) is 0 Å². The number of nitrogens with zero attached hydrogens (tertiary/aromatic N) is 6. The predicted molar refractivity (Wildman–Crippen MR) is 109 cm³/mol. The number of hydrogen-bond donors (Lipinski definition) is 0. The van der Waals surface area contributed by atoms with E-state index in [0.29, 0.717) is 37.3 Å². The van der Waals surface area contributed by atoms with Crippen molar-refractivity contribution in [1.29, 1.82) is 0 Å². The number of carbonyl (C=O) groups is 1. The van der Waals surface area contributed by atoms with Crippen LogP contribution in [0.25, 0.3) is 22.5 Å². The second kappa shape index (κ2) is 7.79. The van der Waals surface area contributed by atoms with Gasteiger partial charge in [0.2, 0.25) is 5.91 Å². The number of piperidine rings is 1. The Morgan fingerprint density at radius 3 is 2.73 bits per heavy atom. The molecule has 9 nitrogen and oxygen atoms in total. The lowest BCUT2D eigenvalue weighted by Gasteiger charge is -2.31. The normalized spacial score (nSPS) is 18.3. The smallest absolute Gasteiger partial charge is 0.259 e. The molecule has 30 heavy (non-hydrogen) atoms. The lowest BCUT2D eigenvalue weighted by Crippen LogP contribution is -2.38. The number of hydrogen-bond acceptors (Lipinski definition) is 7. The highest BCUT2D eigenvalue weighted by Crippen LogP contribution is 2.30. The highest BCUT2D eigenvalue weighted by Gasteiger charge is 2.28. The van der Waals surface area contributed by atoms with Gasteiger partial charge >= 0.3 is 0 Å². The molecule has 9 heteroatoms. The van der Waals surface area contributed by atoms with E-state index in [0.717, 1.165) is 42.5 Å². The molecule has 2 aliphatic heterocycles. The van der Waals surface area contributed by atoms with Crippen LogP contribution in [-0.4, -0.2) is 62.0 Å². The molecule has 5 heterocycles. The van der Waals surface area contributed by atoms with Crippen molar-refractivity contribution in [2.24, 2.45) is 5.92 Å². The maximum absolute atomic E-state index is 12.3. The van der Waals surface area contributed by atoms with Crippen LogP contribution in [0.5, 0.6) is 0 Å². The van der Waals surface area contributed by atoms with E-state index in [1.807, 2.05) is 15.6 Å². The number of ether oxygens (including phenoxy) is 1. The lowest BCUT2D eigenvalue weighted by molar-refractivity contribution is -0.133. The molecule has 3 aromatic heterocycles. The number of rotatable bonds is 5. The molecule has 2 aliphatic rings. The average molecular weight is 410 g/mol. The van der Waals surface area contributed by atoms with E-state index in [1.165, 1.54) is 0 Å². The van der Waals surface area contributed by atoms with Crippen molar-refractivity contribution in [3.05, 3.63) is 24.3 Å². The van der Waals surface area contributed by atoms with E-state index in [2.05, 4.69) is 34.1 Å². The SMILES string of the molecule is CC(C)CC(=O)N1CCC(c2noc(-c3cnc4cnn(C5COC5)c4c3)n2)CC1. The van der Waals surface area contributed by atoms with Crippen LogP contribution in [0.2, 0.25) is 0 Å². The van der Waals surface area contributed by atoms with Gasteiger partial charge in [0.15, 0.2) is 5.82 Å². The number of fused-ring (bicyclic) bond motifs is 1. The van der Waals surface area contributed by atoms with Crippen LogP contribution in [0.15, 0.2) is 23.0 Å². The summed E-state index contributed by atoms with van der Waals surface area (Å²) < 4.78 is 12.8. The maximum Gasteiger partial charge on any atom is 0.259 e. The van der Waals surface area contributed by atoms with Gasteiger partial charge in [0.1, 0.15) is 5.52 Å². The highest BCUT2D eigenvalue weighted by molar-refractivity contribution is 5.78. The molecule has 0 bridgehead atoms. The molecule has 158 valence electrons. The van der Waals surface area contributed by atoms with Crippen LogP contribution in [0.1, 0.15) is 50.9 Å². The molecular weight excluding hydrogens is 384 g/mol. The quantitative estimate of drug-likeness (QED) is 0.638. The van der Waals surface area contributed by atoms with E-state index in [1.54, 1.807) is 12.4 Å². The van der Waals surface area contributed by atoms with Crippen LogP contribution in [0.3, 0.4) is 0 Å². The Morgan fingerprint density at radius 2 is 2.03 bits per heavy atom. The molecule has 0 unspecified atom stereocenters. The van der Waals surface area contributed by atoms with Crippen molar-refractivity contribution in [2.45, 2.75) is 45.1 Å². The molecule has 1 amide bonds. The first kappa shape index (κ1) is 19.2. The number of carbonyl (C=O) groups excluding carboxylic acids is 1. The van der Waals surface area contributed by atoms with Crippen molar-refractivity contribution in [3.63, 3.8) is 0 Å². The number of aromatic nitrogens is 5. The summed E-state index contributed by atoms with van der Waals surface area (Å²) in [6.45, 7) is 6.98. The van der Waals surface area contributed by atoms with E-state index >= 15 is 0 Å². The zero-order valence-electron chi connectivity index (χ0n) is 17.3. The molecule has 0 spiro atoms. The van der Waals surface area contributed by atoms with Crippen LogP contribution >= 0.6 is 0 Å². The zero-order chi connectivity index (χ0) is 20.7. The fraction of sp³-hybridized carbons (Fsp3) is 0.571. The van der Waals surface area contributed by atoms with Crippen molar-refractivity contribution in [3.8, 4) is 11.5 Å². The Hall–Kier alpha value is -2.81. The number of amides is 1. The third kappa shape index (κ3) is 3.58. The summed E-state index contributed by atoms with van der Waals surface area (Å²) in [4.78, 5) is 23.4. The molecule has 0 atom stereocenters. The summed E-state index contributed by atoms with van der Waals surface area (Å²) in [7, 11) is 0. The first-order chi connectivity index (χ1) is 14.6. The first-order valence-corrected chi connectivity index (χ1v) is 10.6. The zero-order valence-corrected chi connectivity index (χ0v) is 17.3. The summed E-state index contributed by atoms with van der Waals surface area (Å²) in [6, 6.07) is 2.25. The molecule has 3 aromatic rings. The fourth-order valence-electron chi connectivity index (χ4n) is 4.08. The van der Waals surface area contributed by atoms with Crippen molar-refractivity contribution >= 4 is 16.9 Å². The topological polar surface area (TPSA) is 99.2 Å². The Labute approximate surface area is 174 Å². The van der Waals surface area contributed by atoms with Gasteiger partial charge in [-0.05, 0) is 24.8 Å². The minimum atomic E-state index is 0.208.